The van der Waals surface area contributed by atoms with Crippen LogP contribution in [0.1, 0.15) is 53.6 Å². The Morgan fingerprint density at radius 2 is 1.84 bits per heavy atom. The quantitative estimate of drug-likeness (QED) is 0.267. The molecule has 5 rings (SSSR count). The van der Waals surface area contributed by atoms with Crippen molar-refractivity contribution < 1.29 is 9.90 Å². The molecule has 0 unspecified atom stereocenters. The number of phenolic OH excluding ortho intramolecular Hbond substituents is 1. The number of hydrogen-bond donors (Lipinski definition) is 3. The highest BCUT2D eigenvalue weighted by Gasteiger charge is 2.42. The minimum atomic E-state index is -0.196. The number of pyridine rings is 1. The molecule has 0 radical (unpaired) electrons. The van der Waals surface area contributed by atoms with Crippen LogP contribution in [-0.4, -0.2) is 25.7 Å². The van der Waals surface area contributed by atoms with Gasteiger partial charge >= 0.3 is 0 Å². The number of carbonyl (C=O) groups excluding carboxylic acids is 1. The van der Waals surface area contributed by atoms with Crippen LogP contribution in [-0.2, 0) is 4.79 Å². The van der Waals surface area contributed by atoms with Gasteiger partial charge in [-0.25, -0.2) is 0 Å². The average molecular weight is 526 g/mol. The van der Waals surface area contributed by atoms with E-state index < -0.39 is 0 Å². The molecule has 2 atom stereocenters. The number of para-hydroxylation sites is 2. The normalized spacial score (nSPS) is 16.9. The molecule has 1 aliphatic rings. The van der Waals surface area contributed by atoms with Crippen LogP contribution in [0.2, 0.25) is 0 Å². The summed E-state index contributed by atoms with van der Waals surface area (Å²) in [6.07, 6.45) is 2.21. The molecule has 1 amide bonds. The molecule has 1 saturated heterocycles. The van der Waals surface area contributed by atoms with Gasteiger partial charge < -0.3 is 25.2 Å². The Labute approximate surface area is 228 Å². The molecule has 1 aliphatic heterocycles. The summed E-state index contributed by atoms with van der Waals surface area (Å²) in [5, 5.41) is 17.7. The largest absolute Gasteiger partial charge is 0.506 e. The topological polar surface area (TPSA) is 82.4 Å². The Balaban J connectivity index is 1.64. The first kappa shape index (κ1) is 25.5. The van der Waals surface area contributed by atoms with Gasteiger partial charge in [0.05, 0.1) is 23.5 Å². The van der Waals surface area contributed by atoms with Crippen molar-refractivity contribution in [1.82, 2.24) is 14.9 Å². The van der Waals surface area contributed by atoms with Crippen molar-refractivity contribution in [1.29, 1.82) is 0 Å². The molecule has 0 spiro atoms. The van der Waals surface area contributed by atoms with Gasteiger partial charge in [-0.3, -0.25) is 9.78 Å². The van der Waals surface area contributed by atoms with Crippen molar-refractivity contribution in [3.05, 3.63) is 101 Å². The molecule has 0 aliphatic carbocycles. The van der Waals surface area contributed by atoms with Gasteiger partial charge in [0, 0.05) is 35.4 Å². The lowest BCUT2D eigenvalue weighted by Gasteiger charge is -2.29. The third-order valence-electron chi connectivity index (χ3n) is 7.09. The first-order chi connectivity index (χ1) is 18.3. The van der Waals surface area contributed by atoms with Crippen LogP contribution in [0.15, 0.2) is 72.9 Å². The molecule has 0 bridgehead atoms. The first-order valence-electron chi connectivity index (χ1n) is 12.7. The fraction of sp³-hybridized carbons (Fsp3) is 0.233. The van der Waals surface area contributed by atoms with Crippen LogP contribution in [0, 0.1) is 20.8 Å². The Hall–Kier alpha value is -4.17. The van der Waals surface area contributed by atoms with Gasteiger partial charge in [-0.05, 0) is 92.6 Å². The fourth-order valence-corrected chi connectivity index (χ4v) is 5.58. The number of aromatic hydroxyl groups is 1. The molecule has 3 N–H and O–H groups in total. The smallest absolute Gasteiger partial charge is 0.224 e. The van der Waals surface area contributed by atoms with Gasteiger partial charge in [-0.2, -0.15) is 0 Å². The summed E-state index contributed by atoms with van der Waals surface area (Å²) in [4.78, 5) is 18.8. The molecule has 1 fully saturated rings. The van der Waals surface area contributed by atoms with Crippen LogP contribution in [0.5, 0.6) is 5.75 Å². The van der Waals surface area contributed by atoms with Gasteiger partial charge in [0.1, 0.15) is 5.75 Å². The number of nitrogens with one attached hydrogen (secondary N) is 2. The number of aryl methyl sites for hydroxylation is 2. The predicted octanol–water partition coefficient (Wildman–Crippen LogP) is 6.03. The number of benzene rings is 2. The molecule has 3 heterocycles. The second-order valence-electron chi connectivity index (χ2n) is 9.55. The zero-order valence-electron chi connectivity index (χ0n) is 21.9. The number of hydrogen-bond acceptors (Lipinski definition) is 4. The Bertz CT molecular complexity index is 1510. The minimum Gasteiger partial charge on any atom is -0.506 e. The number of nitrogens with zero attached hydrogens (tertiary/aromatic N) is 3. The Kier molecular flexibility index (Phi) is 6.91. The van der Waals surface area contributed by atoms with E-state index in [0.29, 0.717) is 11.5 Å². The maximum atomic E-state index is 12.0. The number of rotatable bonds is 6. The molecule has 7 nitrogen and oxygen atoms in total. The lowest BCUT2D eigenvalue weighted by molar-refractivity contribution is -0.115. The van der Waals surface area contributed by atoms with Gasteiger partial charge in [0.2, 0.25) is 5.91 Å². The van der Waals surface area contributed by atoms with E-state index in [1.54, 1.807) is 12.3 Å². The van der Waals surface area contributed by atoms with Crippen molar-refractivity contribution >= 4 is 34.6 Å². The molecule has 0 saturated carbocycles. The van der Waals surface area contributed by atoms with Crippen LogP contribution in [0.3, 0.4) is 0 Å². The van der Waals surface area contributed by atoms with Crippen LogP contribution < -0.4 is 15.5 Å². The van der Waals surface area contributed by atoms with E-state index in [9.17, 15) is 9.90 Å². The summed E-state index contributed by atoms with van der Waals surface area (Å²) in [5.41, 5.74) is 7.37. The summed E-state index contributed by atoms with van der Waals surface area (Å²) >= 11 is 5.91. The summed E-state index contributed by atoms with van der Waals surface area (Å²) in [5.74, 6) is 0.197. The third kappa shape index (κ3) is 4.52. The van der Waals surface area contributed by atoms with Crippen LogP contribution in [0.4, 0.5) is 11.4 Å². The maximum absolute atomic E-state index is 12.0. The predicted molar refractivity (Wildman–Crippen MR) is 155 cm³/mol. The second-order valence-corrected chi connectivity index (χ2v) is 9.93. The minimum absolute atomic E-state index is 0.0242. The van der Waals surface area contributed by atoms with Gasteiger partial charge in [-0.1, -0.05) is 25.1 Å². The van der Waals surface area contributed by atoms with E-state index in [1.807, 2.05) is 69.3 Å². The van der Waals surface area contributed by atoms with Crippen LogP contribution >= 0.6 is 12.2 Å². The van der Waals surface area contributed by atoms with Gasteiger partial charge in [0.15, 0.2) is 5.11 Å². The molecule has 2 aromatic heterocycles. The standard InChI is InChI=1S/C30H31N5O2S/c1-5-27(37)32-23-14-13-21(16-18(23)2)35-29(28(33-30(35)38)24-10-8-9-15-31-24)22-17-19(3)34(20(22)4)25-11-6-7-12-26(25)36/h6-17,28-29,36H,5H2,1-4H3,(H,32,37)(H,33,38)/t28-,29-/m1/s1. The lowest BCUT2D eigenvalue weighted by Crippen LogP contribution is -2.29. The highest BCUT2D eigenvalue weighted by Crippen LogP contribution is 2.44. The highest BCUT2D eigenvalue weighted by atomic mass is 32.1. The lowest BCUT2D eigenvalue weighted by atomic mass is 9.96. The zero-order chi connectivity index (χ0) is 27.0. The summed E-state index contributed by atoms with van der Waals surface area (Å²) in [7, 11) is 0. The maximum Gasteiger partial charge on any atom is 0.224 e. The molecular formula is C30H31N5O2S. The third-order valence-corrected chi connectivity index (χ3v) is 7.41. The first-order valence-corrected chi connectivity index (χ1v) is 13.1. The number of thiocarbonyl (C=S) groups is 1. The summed E-state index contributed by atoms with van der Waals surface area (Å²) in [6.45, 7) is 7.93. The molecule has 194 valence electrons. The number of phenols is 1. The van der Waals surface area contributed by atoms with Crippen molar-refractivity contribution in [3.8, 4) is 11.4 Å². The van der Waals surface area contributed by atoms with E-state index in [2.05, 4.69) is 44.1 Å². The van der Waals surface area contributed by atoms with Crippen molar-refractivity contribution in [2.24, 2.45) is 0 Å². The summed E-state index contributed by atoms with van der Waals surface area (Å²) in [6, 6.07) is 21.0. The zero-order valence-corrected chi connectivity index (χ0v) is 22.7. The molecular weight excluding hydrogens is 494 g/mol. The molecule has 4 aromatic rings. The average Bonchev–Trinajstić information content (AvgIpc) is 3.41. The van der Waals surface area contributed by atoms with E-state index in [1.165, 1.54) is 0 Å². The second kappa shape index (κ2) is 10.3. The van der Waals surface area contributed by atoms with Crippen molar-refractivity contribution in [2.75, 3.05) is 10.2 Å². The van der Waals surface area contributed by atoms with Crippen molar-refractivity contribution in [3.63, 3.8) is 0 Å². The Morgan fingerprint density at radius 1 is 1.08 bits per heavy atom. The van der Waals surface area contributed by atoms with E-state index in [4.69, 9.17) is 12.2 Å². The van der Waals surface area contributed by atoms with E-state index >= 15 is 0 Å². The van der Waals surface area contributed by atoms with Crippen LogP contribution in [0.25, 0.3) is 5.69 Å². The Morgan fingerprint density at radius 3 is 2.53 bits per heavy atom. The van der Waals surface area contributed by atoms with E-state index in [0.717, 1.165) is 45.3 Å². The summed E-state index contributed by atoms with van der Waals surface area (Å²) < 4.78 is 2.08. The number of amides is 1. The SMILES string of the molecule is CCC(=O)Nc1ccc(N2C(=S)N[C@H](c3ccccn3)[C@H]2c2cc(C)n(-c3ccccc3O)c2C)cc1C. The van der Waals surface area contributed by atoms with Gasteiger partial charge in [0.25, 0.3) is 0 Å². The molecule has 8 heteroatoms. The van der Waals surface area contributed by atoms with E-state index in [-0.39, 0.29) is 23.7 Å². The molecule has 2 aromatic carbocycles. The monoisotopic (exact) mass is 525 g/mol. The molecule has 38 heavy (non-hydrogen) atoms. The highest BCUT2D eigenvalue weighted by molar-refractivity contribution is 7.80. The fourth-order valence-electron chi connectivity index (χ4n) is 5.24. The van der Waals surface area contributed by atoms with Gasteiger partial charge in [-0.15, -0.1) is 0 Å². The number of carbonyl (C=O) groups is 1. The number of anilines is 2. The number of aromatic nitrogens is 2. The van der Waals surface area contributed by atoms with Crippen molar-refractivity contribution in [2.45, 2.75) is 46.2 Å².